The Hall–Kier alpha value is -0.560. The van der Waals surface area contributed by atoms with Gasteiger partial charge in [0, 0.05) is 6.54 Å². The van der Waals surface area contributed by atoms with Crippen LogP contribution in [-0.2, 0) is 0 Å². The summed E-state index contributed by atoms with van der Waals surface area (Å²) in [7, 11) is 0. The normalized spacial score (nSPS) is 11.1. The second-order valence-corrected chi connectivity index (χ2v) is 1.57. The van der Waals surface area contributed by atoms with Crippen molar-refractivity contribution in [3.8, 4) is 0 Å². The van der Waals surface area contributed by atoms with E-state index in [4.69, 9.17) is 5.73 Å². The largest absolute Gasteiger partial charge is 0.327 e. The monoisotopic (exact) mass is 141 g/mol. The van der Waals surface area contributed by atoms with E-state index in [1.54, 1.807) is 0 Å². The SMILES string of the molecule is C/C=C\C(=C/C)CN.CC. The van der Waals surface area contributed by atoms with Gasteiger partial charge in [-0.1, -0.05) is 32.1 Å². The lowest BCUT2D eigenvalue weighted by atomic mass is 10.2. The van der Waals surface area contributed by atoms with E-state index < -0.39 is 0 Å². The Kier molecular flexibility index (Phi) is 13.7. The van der Waals surface area contributed by atoms with Gasteiger partial charge < -0.3 is 5.73 Å². The van der Waals surface area contributed by atoms with Crippen LogP contribution in [0, 0.1) is 0 Å². The predicted molar refractivity (Wildman–Crippen MR) is 49.0 cm³/mol. The number of rotatable bonds is 2. The Bertz CT molecular complexity index is 98.5. The first-order chi connectivity index (χ1) is 4.85. The fourth-order valence-corrected chi connectivity index (χ4v) is 0.496. The van der Waals surface area contributed by atoms with Crippen LogP contribution in [0.3, 0.4) is 0 Å². The van der Waals surface area contributed by atoms with Crippen LogP contribution in [0.2, 0.25) is 0 Å². The van der Waals surface area contributed by atoms with E-state index in [-0.39, 0.29) is 0 Å². The van der Waals surface area contributed by atoms with Crippen molar-refractivity contribution < 1.29 is 0 Å². The molecule has 0 saturated carbocycles. The summed E-state index contributed by atoms with van der Waals surface area (Å²) in [4.78, 5) is 0. The van der Waals surface area contributed by atoms with Gasteiger partial charge in [-0.15, -0.1) is 0 Å². The Morgan fingerprint density at radius 3 is 1.90 bits per heavy atom. The average molecular weight is 141 g/mol. The minimum atomic E-state index is 0.640. The quantitative estimate of drug-likeness (QED) is 0.587. The van der Waals surface area contributed by atoms with E-state index in [1.165, 1.54) is 5.57 Å². The van der Waals surface area contributed by atoms with E-state index in [9.17, 15) is 0 Å². The van der Waals surface area contributed by atoms with E-state index in [1.807, 2.05) is 45.9 Å². The minimum Gasteiger partial charge on any atom is -0.327 e. The zero-order valence-electron chi connectivity index (χ0n) is 7.52. The van der Waals surface area contributed by atoms with Crippen LogP contribution >= 0.6 is 0 Å². The first-order valence-corrected chi connectivity index (χ1v) is 3.83. The molecule has 0 radical (unpaired) electrons. The van der Waals surface area contributed by atoms with Crippen LogP contribution in [0.5, 0.6) is 0 Å². The molecule has 0 aliphatic heterocycles. The third kappa shape index (κ3) is 7.44. The van der Waals surface area contributed by atoms with Crippen molar-refractivity contribution in [1.29, 1.82) is 0 Å². The maximum absolute atomic E-state index is 5.35. The van der Waals surface area contributed by atoms with Gasteiger partial charge >= 0.3 is 0 Å². The van der Waals surface area contributed by atoms with Crippen LogP contribution in [-0.4, -0.2) is 6.54 Å². The third-order valence-corrected chi connectivity index (χ3v) is 0.987. The fraction of sp³-hybridized carbons (Fsp3) is 0.556. The van der Waals surface area contributed by atoms with Crippen LogP contribution < -0.4 is 5.73 Å². The van der Waals surface area contributed by atoms with Crippen LogP contribution in [0.15, 0.2) is 23.8 Å². The zero-order valence-corrected chi connectivity index (χ0v) is 7.52. The van der Waals surface area contributed by atoms with Gasteiger partial charge in [-0.3, -0.25) is 0 Å². The molecule has 0 rings (SSSR count). The van der Waals surface area contributed by atoms with Crippen molar-refractivity contribution in [2.45, 2.75) is 27.7 Å². The van der Waals surface area contributed by atoms with E-state index >= 15 is 0 Å². The van der Waals surface area contributed by atoms with E-state index in [2.05, 4.69) is 0 Å². The second kappa shape index (κ2) is 11.3. The van der Waals surface area contributed by atoms with Gasteiger partial charge in [0.1, 0.15) is 0 Å². The van der Waals surface area contributed by atoms with Crippen LogP contribution in [0.1, 0.15) is 27.7 Å². The summed E-state index contributed by atoms with van der Waals surface area (Å²) in [6.45, 7) is 8.61. The van der Waals surface area contributed by atoms with Gasteiger partial charge in [0.05, 0.1) is 0 Å². The Morgan fingerprint density at radius 1 is 1.30 bits per heavy atom. The van der Waals surface area contributed by atoms with Crippen molar-refractivity contribution >= 4 is 0 Å². The lowest BCUT2D eigenvalue weighted by molar-refractivity contribution is 1.18. The molecular weight excluding hydrogens is 122 g/mol. The molecule has 0 heterocycles. The molecule has 0 spiro atoms. The van der Waals surface area contributed by atoms with E-state index in [0.717, 1.165) is 0 Å². The zero-order chi connectivity index (χ0) is 8.41. The molecule has 60 valence electrons. The summed E-state index contributed by atoms with van der Waals surface area (Å²) < 4.78 is 0. The molecule has 1 nitrogen and oxygen atoms in total. The lowest BCUT2D eigenvalue weighted by Gasteiger charge is -1.90. The topological polar surface area (TPSA) is 26.0 Å². The highest BCUT2D eigenvalue weighted by Crippen LogP contribution is 1.91. The summed E-state index contributed by atoms with van der Waals surface area (Å²) in [5.74, 6) is 0. The molecule has 0 atom stereocenters. The molecule has 0 aliphatic carbocycles. The Balaban J connectivity index is 0. The smallest absolute Gasteiger partial charge is 0.0174 e. The fourth-order valence-electron chi connectivity index (χ4n) is 0.496. The highest BCUT2D eigenvalue weighted by molar-refractivity contribution is 5.17. The van der Waals surface area contributed by atoms with Crippen molar-refractivity contribution in [2.75, 3.05) is 6.54 Å². The highest BCUT2D eigenvalue weighted by atomic mass is 14.5. The number of hydrogen-bond donors (Lipinski definition) is 1. The molecule has 1 heteroatoms. The molecule has 0 amide bonds. The van der Waals surface area contributed by atoms with Crippen molar-refractivity contribution in [2.24, 2.45) is 5.73 Å². The number of hydrogen-bond acceptors (Lipinski definition) is 1. The predicted octanol–water partition coefficient (Wildman–Crippen LogP) is 2.49. The first-order valence-electron chi connectivity index (χ1n) is 3.83. The maximum atomic E-state index is 5.35. The van der Waals surface area contributed by atoms with Crippen molar-refractivity contribution in [3.63, 3.8) is 0 Å². The van der Waals surface area contributed by atoms with Gasteiger partial charge in [-0.25, -0.2) is 0 Å². The summed E-state index contributed by atoms with van der Waals surface area (Å²) >= 11 is 0. The summed E-state index contributed by atoms with van der Waals surface area (Å²) in [5.41, 5.74) is 6.54. The van der Waals surface area contributed by atoms with Gasteiger partial charge in [0.2, 0.25) is 0 Å². The molecule has 0 saturated heterocycles. The summed E-state index contributed by atoms with van der Waals surface area (Å²) in [6.07, 6.45) is 6.02. The molecule has 0 aromatic rings. The van der Waals surface area contributed by atoms with E-state index in [0.29, 0.717) is 6.54 Å². The second-order valence-electron chi connectivity index (χ2n) is 1.57. The molecule has 0 fully saturated rings. The van der Waals surface area contributed by atoms with Crippen LogP contribution in [0.25, 0.3) is 0 Å². The number of allylic oxidation sites excluding steroid dienone is 2. The van der Waals surface area contributed by atoms with Crippen LogP contribution in [0.4, 0.5) is 0 Å². The third-order valence-electron chi connectivity index (χ3n) is 0.987. The van der Waals surface area contributed by atoms with Crippen molar-refractivity contribution in [1.82, 2.24) is 0 Å². The van der Waals surface area contributed by atoms with Gasteiger partial charge in [-0.2, -0.15) is 0 Å². The minimum absolute atomic E-state index is 0.640. The average Bonchev–Trinajstić information content (AvgIpc) is 2.04. The van der Waals surface area contributed by atoms with Gasteiger partial charge in [0.25, 0.3) is 0 Å². The lowest BCUT2D eigenvalue weighted by Crippen LogP contribution is -1.99. The molecule has 0 unspecified atom stereocenters. The molecule has 10 heavy (non-hydrogen) atoms. The maximum Gasteiger partial charge on any atom is 0.0174 e. The molecule has 2 N–H and O–H groups in total. The highest BCUT2D eigenvalue weighted by Gasteiger charge is 1.79. The summed E-state index contributed by atoms with van der Waals surface area (Å²) in [5, 5.41) is 0. The van der Waals surface area contributed by atoms with Gasteiger partial charge in [0.15, 0.2) is 0 Å². The van der Waals surface area contributed by atoms with Gasteiger partial charge in [-0.05, 0) is 19.4 Å². The molecular formula is C9H19N. The molecule has 0 aromatic heterocycles. The summed E-state index contributed by atoms with van der Waals surface area (Å²) in [6, 6.07) is 0. The number of nitrogens with two attached hydrogens (primary N) is 1. The molecule has 0 aliphatic rings. The first kappa shape index (κ1) is 12.1. The molecule has 0 bridgehead atoms. The Morgan fingerprint density at radius 2 is 1.80 bits per heavy atom. The van der Waals surface area contributed by atoms with Crippen molar-refractivity contribution in [3.05, 3.63) is 23.8 Å². The Labute approximate surface area is 64.6 Å². The molecule has 0 aromatic carbocycles. The standard InChI is InChI=1S/C7H13N.C2H6/c1-3-5-7(4-2)6-8;1-2/h3-5H,6,8H2,1-2H3;1-2H3/b5-3-,7-4+;.